The van der Waals surface area contributed by atoms with Crippen molar-refractivity contribution in [3.63, 3.8) is 0 Å². The predicted molar refractivity (Wildman–Crippen MR) is 69.7 cm³/mol. The quantitative estimate of drug-likeness (QED) is 0.824. The highest BCUT2D eigenvalue weighted by Crippen LogP contribution is 2.18. The molecule has 1 aliphatic heterocycles. The van der Waals surface area contributed by atoms with Crippen LogP contribution in [0.2, 0.25) is 0 Å². The number of aromatic amines is 1. The SMILES string of the molecule is CNCC1CCCCN1C(=O)c1cccc(=O)[nH]1. The van der Waals surface area contributed by atoms with Gasteiger partial charge in [0.15, 0.2) is 0 Å². The molecular formula is C13H19N3O2. The van der Waals surface area contributed by atoms with E-state index in [-0.39, 0.29) is 17.5 Å². The molecule has 0 radical (unpaired) electrons. The lowest BCUT2D eigenvalue weighted by Crippen LogP contribution is -2.48. The molecule has 2 N–H and O–H groups in total. The zero-order valence-corrected chi connectivity index (χ0v) is 10.6. The summed E-state index contributed by atoms with van der Waals surface area (Å²) in [7, 11) is 1.89. The number of nitrogens with zero attached hydrogens (tertiary/aromatic N) is 1. The summed E-state index contributed by atoms with van der Waals surface area (Å²) in [5, 5.41) is 3.12. The van der Waals surface area contributed by atoms with Gasteiger partial charge in [0, 0.05) is 25.2 Å². The van der Waals surface area contributed by atoms with Gasteiger partial charge in [-0.05, 0) is 32.4 Å². The monoisotopic (exact) mass is 249 g/mol. The zero-order chi connectivity index (χ0) is 13.0. The molecule has 98 valence electrons. The van der Waals surface area contributed by atoms with Crippen LogP contribution in [0.15, 0.2) is 23.0 Å². The molecule has 5 nitrogen and oxygen atoms in total. The van der Waals surface area contributed by atoms with Gasteiger partial charge in [-0.1, -0.05) is 6.07 Å². The number of hydrogen-bond acceptors (Lipinski definition) is 3. The molecule has 2 heterocycles. The molecule has 0 aliphatic carbocycles. The molecule has 1 saturated heterocycles. The van der Waals surface area contributed by atoms with Gasteiger partial charge in [0.25, 0.3) is 5.91 Å². The molecule has 1 aromatic rings. The first kappa shape index (κ1) is 12.8. The van der Waals surface area contributed by atoms with E-state index in [2.05, 4.69) is 10.3 Å². The Hall–Kier alpha value is -1.62. The van der Waals surface area contributed by atoms with Gasteiger partial charge in [0.05, 0.1) is 0 Å². The first-order valence-corrected chi connectivity index (χ1v) is 6.37. The fourth-order valence-electron chi connectivity index (χ4n) is 2.44. The average molecular weight is 249 g/mol. The van der Waals surface area contributed by atoms with Gasteiger partial charge in [-0.25, -0.2) is 0 Å². The van der Waals surface area contributed by atoms with Crippen LogP contribution in [0.3, 0.4) is 0 Å². The van der Waals surface area contributed by atoms with Crippen molar-refractivity contribution in [1.29, 1.82) is 0 Å². The third-order valence-electron chi connectivity index (χ3n) is 3.33. The van der Waals surface area contributed by atoms with Crippen molar-refractivity contribution in [2.24, 2.45) is 0 Å². The summed E-state index contributed by atoms with van der Waals surface area (Å²) in [6, 6.07) is 4.91. The van der Waals surface area contributed by atoms with Crippen LogP contribution < -0.4 is 10.9 Å². The Labute approximate surface area is 106 Å². The highest BCUT2D eigenvalue weighted by Gasteiger charge is 2.27. The van der Waals surface area contributed by atoms with Crippen LogP contribution in [-0.2, 0) is 0 Å². The lowest BCUT2D eigenvalue weighted by Gasteiger charge is -2.35. The molecule has 0 saturated carbocycles. The number of amides is 1. The Bertz CT molecular complexity index is 467. The number of H-pyrrole nitrogens is 1. The molecule has 1 aliphatic rings. The fraction of sp³-hybridized carbons (Fsp3) is 0.538. The second-order valence-electron chi connectivity index (χ2n) is 4.63. The van der Waals surface area contributed by atoms with E-state index in [0.29, 0.717) is 5.69 Å². The molecule has 1 atom stereocenters. The van der Waals surface area contributed by atoms with Gasteiger partial charge in [-0.3, -0.25) is 9.59 Å². The number of carbonyl (C=O) groups excluding carboxylic acids is 1. The number of piperidine rings is 1. The Balaban J connectivity index is 2.18. The second kappa shape index (κ2) is 5.82. The van der Waals surface area contributed by atoms with Crippen LogP contribution in [-0.4, -0.2) is 42.0 Å². The molecule has 0 aromatic carbocycles. The molecular weight excluding hydrogens is 230 g/mol. The maximum absolute atomic E-state index is 12.4. The molecule has 1 amide bonds. The Morgan fingerprint density at radius 3 is 3.06 bits per heavy atom. The third kappa shape index (κ3) is 2.79. The molecule has 5 heteroatoms. The van der Waals surface area contributed by atoms with E-state index in [1.54, 1.807) is 12.1 Å². The highest BCUT2D eigenvalue weighted by molar-refractivity contribution is 5.92. The van der Waals surface area contributed by atoms with E-state index >= 15 is 0 Å². The van der Waals surface area contributed by atoms with Gasteiger partial charge in [0.1, 0.15) is 5.69 Å². The van der Waals surface area contributed by atoms with Gasteiger partial charge in [0.2, 0.25) is 5.56 Å². The Morgan fingerprint density at radius 1 is 1.50 bits per heavy atom. The van der Waals surface area contributed by atoms with Gasteiger partial charge in [-0.2, -0.15) is 0 Å². The zero-order valence-electron chi connectivity index (χ0n) is 10.6. The lowest BCUT2D eigenvalue weighted by molar-refractivity contribution is 0.0608. The maximum atomic E-state index is 12.4. The maximum Gasteiger partial charge on any atom is 0.270 e. The lowest BCUT2D eigenvalue weighted by atomic mass is 10.0. The van der Waals surface area contributed by atoms with E-state index in [1.807, 2.05) is 11.9 Å². The van der Waals surface area contributed by atoms with E-state index in [4.69, 9.17) is 0 Å². The van der Waals surface area contributed by atoms with Crippen molar-refractivity contribution in [2.45, 2.75) is 25.3 Å². The molecule has 1 unspecified atom stereocenters. The van der Waals surface area contributed by atoms with E-state index in [9.17, 15) is 9.59 Å². The topological polar surface area (TPSA) is 65.2 Å². The first-order valence-electron chi connectivity index (χ1n) is 6.37. The van der Waals surface area contributed by atoms with Gasteiger partial charge >= 0.3 is 0 Å². The number of likely N-dealkylation sites (tertiary alicyclic amines) is 1. The van der Waals surface area contributed by atoms with Crippen molar-refractivity contribution >= 4 is 5.91 Å². The third-order valence-corrected chi connectivity index (χ3v) is 3.33. The van der Waals surface area contributed by atoms with E-state index < -0.39 is 0 Å². The normalized spacial score (nSPS) is 19.8. The predicted octanol–water partition coefficient (Wildman–Crippen LogP) is 0.589. The number of rotatable bonds is 3. The number of aromatic nitrogens is 1. The van der Waals surface area contributed by atoms with Crippen LogP contribution in [0, 0.1) is 0 Å². The van der Waals surface area contributed by atoms with Crippen LogP contribution in [0.25, 0.3) is 0 Å². The van der Waals surface area contributed by atoms with Crippen molar-refractivity contribution in [2.75, 3.05) is 20.1 Å². The number of carbonyl (C=O) groups is 1. The summed E-state index contributed by atoms with van der Waals surface area (Å²) in [5.41, 5.74) is 0.147. The van der Waals surface area contributed by atoms with Crippen LogP contribution in [0.5, 0.6) is 0 Å². The van der Waals surface area contributed by atoms with Crippen LogP contribution in [0.1, 0.15) is 29.8 Å². The standard InChI is InChI=1S/C13H19N3O2/c1-14-9-10-5-2-3-8-16(10)13(18)11-6-4-7-12(17)15-11/h4,6-7,10,14H,2-3,5,8-9H2,1H3,(H,15,17). The van der Waals surface area contributed by atoms with Crippen molar-refractivity contribution in [1.82, 2.24) is 15.2 Å². The summed E-state index contributed by atoms with van der Waals surface area (Å²) in [6.07, 6.45) is 3.20. The minimum atomic E-state index is -0.233. The minimum Gasteiger partial charge on any atom is -0.333 e. The van der Waals surface area contributed by atoms with E-state index in [0.717, 1.165) is 32.4 Å². The molecule has 2 rings (SSSR count). The number of nitrogens with one attached hydrogen (secondary N) is 2. The van der Waals surface area contributed by atoms with Crippen LogP contribution >= 0.6 is 0 Å². The van der Waals surface area contributed by atoms with Crippen molar-refractivity contribution in [3.05, 3.63) is 34.2 Å². The number of hydrogen-bond donors (Lipinski definition) is 2. The largest absolute Gasteiger partial charge is 0.333 e. The Morgan fingerprint density at radius 2 is 2.33 bits per heavy atom. The molecule has 18 heavy (non-hydrogen) atoms. The van der Waals surface area contributed by atoms with Gasteiger partial charge < -0.3 is 15.2 Å². The summed E-state index contributed by atoms with van der Waals surface area (Å²) in [4.78, 5) is 28.1. The molecule has 1 aromatic heterocycles. The summed E-state index contributed by atoms with van der Waals surface area (Å²) in [5.74, 6) is -0.0762. The second-order valence-corrected chi connectivity index (χ2v) is 4.63. The highest BCUT2D eigenvalue weighted by atomic mass is 16.2. The van der Waals surface area contributed by atoms with E-state index in [1.165, 1.54) is 6.07 Å². The molecule has 1 fully saturated rings. The summed E-state index contributed by atoms with van der Waals surface area (Å²) in [6.45, 7) is 1.56. The molecule has 0 spiro atoms. The number of likely N-dealkylation sites (N-methyl/N-ethyl adjacent to an activating group) is 1. The number of pyridine rings is 1. The van der Waals surface area contributed by atoms with Crippen molar-refractivity contribution in [3.8, 4) is 0 Å². The van der Waals surface area contributed by atoms with Crippen molar-refractivity contribution < 1.29 is 4.79 Å². The average Bonchev–Trinajstić information content (AvgIpc) is 2.39. The minimum absolute atomic E-state index is 0.0762. The smallest absolute Gasteiger partial charge is 0.270 e. The van der Waals surface area contributed by atoms with Crippen LogP contribution in [0.4, 0.5) is 0 Å². The molecule has 0 bridgehead atoms. The first-order chi connectivity index (χ1) is 8.72. The Kier molecular flexibility index (Phi) is 4.15. The summed E-state index contributed by atoms with van der Waals surface area (Å²) >= 11 is 0. The fourth-order valence-corrected chi connectivity index (χ4v) is 2.44. The summed E-state index contributed by atoms with van der Waals surface area (Å²) < 4.78 is 0. The van der Waals surface area contributed by atoms with Gasteiger partial charge in [-0.15, -0.1) is 0 Å².